The van der Waals surface area contributed by atoms with Gasteiger partial charge >= 0.3 is 5.97 Å². The largest absolute Gasteiger partial charge is 0.451 e. The first-order chi connectivity index (χ1) is 9.42. The molecule has 0 saturated carbocycles. The van der Waals surface area contributed by atoms with Crippen LogP contribution >= 0.6 is 22.6 Å². The molecule has 0 N–H and O–H groups in total. The molecule has 2 aliphatic rings. The number of piperidine rings is 1. The fourth-order valence-electron chi connectivity index (χ4n) is 3.33. The second-order valence-electron chi connectivity index (χ2n) is 6.34. The normalized spacial score (nSPS) is 32.4. The molecule has 2 fully saturated rings. The number of nitrogens with zero attached hydrogens (tertiary/aromatic N) is 1. The van der Waals surface area contributed by atoms with Gasteiger partial charge in [-0.3, -0.25) is 9.69 Å². The number of benzene rings is 1. The number of halogens is 1. The highest BCUT2D eigenvalue weighted by atomic mass is 127. The zero-order valence-electron chi connectivity index (χ0n) is 11.9. The summed E-state index contributed by atoms with van der Waals surface area (Å²) in [5.41, 5.74) is 0.695. The van der Waals surface area contributed by atoms with Crippen LogP contribution in [0.2, 0.25) is 0 Å². The first kappa shape index (κ1) is 14.3. The Morgan fingerprint density at radius 3 is 2.60 bits per heavy atom. The van der Waals surface area contributed by atoms with Crippen LogP contribution in [0.15, 0.2) is 30.3 Å². The van der Waals surface area contributed by atoms with Crippen LogP contribution in [0.25, 0.3) is 0 Å². The van der Waals surface area contributed by atoms with E-state index >= 15 is 0 Å². The van der Waals surface area contributed by atoms with Gasteiger partial charge in [0.1, 0.15) is 3.42 Å². The molecule has 0 spiro atoms. The van der Waals surface area contributed by atoms with Crippen LogP contribution in [0.5, 0.6) is 0 Å². The summed E-state index contributed by atoms with van der Waals surface area (Å²) in [6, 6.07) is 10.3. The van der Waals surface area contributed by atoms with Gasteiger partial charge < -0.3 is 4.74 Å². The van der Waals surface area contributed by atoms with Crippen LogP contribution < -0.4 is 0 Å². The van der Waals surface area contributed by atoms with Crippen LogP contribution in [0.4, 0.5) is 0 Å². The van der Waals surface area contributed by atoms with Crippen LogP contribution in [0.1, 0.15) is 25.8 Å². The number of fused-ring (bicyclic) bond motifs is 2. The number of hydrogen-bond donors (Lipinski definition) is 0. The summed E-state index contributed by atoms with van der Waals surface area (Å²) in [5.74, 6) is 0.309. The molecule has 3 unspecified atom stereocenters. The molecule has 1 aromatic rings. The predicted molar refractivity (Wildman–Crippen MR) is 86.9 cm³/mol. The molecule has 3 atom stereocenters. The molecule has 0 radical (unpaired) electrons. The van der Waals surface area contributed by atoms with Crippen molar-refractivity contribution in [1.82, 2.24) is 4.90 Å². The maximum atomic E-state index is 12.4. The third kappa shape index (κ3) is 2.37. The fraction of sp³-hybridized carbons (Fsp3) is 0.562. The molecular formula is C16H20INO2. The number of esters is 1. The lowest BCUT2D eigenvalue weighted by atomic mass is 9.81. The van der Waals surface area contributed by atoms with Gasteiger partial charge in [0.25, 0.3) is 0 Å². The van der Waals surface area contributed by atoms with Gasteiger partial charge in [-0.05, 0) is 32.4 Å². The second kappa shape index (κ2) is 4.98. The van der Waals surface area contributed by atoms with E-state index in [1.165, 1.54) is 0 Å². The molecule has 3 rings (SSSR count). The lowest BCUT2D eigenvalue weighted by molar-refractivity contribution is -0.167. The molecule has 1 aromatic carbocycles. The second-order valence-corrected chi connectivity index (χ2v) is 9.04. The summed E-state index contributed by atoms with van der Waals surface area (Å²) in [6.45, 7) is 6.82. The van der Waals surface area contributed by atoms with Crippen LogP contribution in [-0.4, -0.2) is 33.9 Å². The van der Waals surface area contributed by atoms with Crippen molar-refractivity contribution in [2.45, 2.75) is 29.3 Å². The average molecular weight is 385 g/mol. The van der Waals surface area contributed by atoms with Crippen LogP contribution in [0.3, 0.4) is 0 Å². The van der Waals surface area contributed by atoms with Gasteiger partial charge in [0.15, 0.2) is 5.60 Å². The maximum absolute atomic E-state index is 12.4. The zero-order chi connectivity index (χ0) is 14.4. The smallest absolute Gasteiger partial charge is 0.322 e. The molecule has 2 heterocycles. The molecule has 2 aliphatic heterocycles. The van der Waals surface area contributed by atoms with E-state index in [4.69, 9.17) is 4.74 Å². The Hall–Kier alpha value is -0.620. The highest BCUT2D eigenvalue weighted by Gasteiger charge is 2.54. The number of carbonyl (C=O) groups is 1. The van der Waals surface area contributed by atoms with Gasteiger partial charge in [0.05, 0.1) is 0 Å². The van der Waals surface area contributed by atoms with Gasteiger partial charge in [0, 0.05) is 19.0 Å². The first-order valence-electron chi connectivity index (χ1n) is 7.12. The molecule has 108 valence electrons. The van der Waals surface area contributed by atoms with Crippen molar-refractivity contribution in [2.75, 3.05) is 19.6 Å². The summed E-state index contributed by atoms with van der Waals surface area (Å²) in [4.78, 5) is 14.8. The van der Waals surface area contributed by atoms with E-state index < -0.39 is 9.02 Å². The quantitative estimate of drug-likeness (QED) is 0.455. The van der Waals surface area contributed by atoms with Crippen molar-refractivity contribution in [3.05, 3.63) is 35.9 Å². The Bertz CT molecular complexity index is 511. The van der Waals surface area contributed by atoms with Crippen molar-refractivity contribution in [1.29, 1.82) is 0 Å². The Labute approximate surface area is 133 Å². The lowest BCUT2D eigenvalue weighted by Gasteiger charge is -2.38. The van der Waals surface area contributed by atoms with E-state index in [1.807, 2.05) is 32.0 Å². The van der Waals surface area contributed by atoms with Crippen molar-refractivity contribution < 1.29 is 9.53 Å². The molecule has 2 bridgehead atoms. The number of ether oxygens (including phenoxy) is 1. The van der Waals surface area contributed by atoms with Crippen molar-refractivity contribution >= 4 is 28.6 Å². The van der Waals surface area contributed by atoms with E-state index in [0.29, 0.717) is 5.92 Å². The summed E-state index contributed by atoms with van der Waals surface area (Å²) >= 11 is 2.16. The van der Waals surface area contributed by atoms with Crippen LogP contribution in [0, 0.1) is 5.92 Å². The molecular weight excluding hydrogens is 365 g/mol. The minimum absolute atomic E-state index is 0.115. The predicted octanol–water partition coefficient (Wildman–Crippen LogP) is 2.97. The first-order valence-corrected chi connectivity index (χ1v) is 8.20. The fourth-order valence-corrected chi connectivity index (χ4v) is 3.44. The zero-order valence-corrected chi connectivity index (χ0v) is 14.1. The molecule has 4 heteroatoms. The van der Waals surface area contributed by atoms with E-state index in [-0.39, 0.29) is 5.97 Å². The van der Waals surface area contributed by atoms with Crippen molar-refractivity contribution in [3.8, 4) is 0 Å². The minimum atomic E-state index is -0.489. The SMILES string of the molecule is CC(C)(I)C(=O)OC1(c2ccccc2)CN2CCC1C2. The van der Waals surface area contributed by atoms with E-state index in [0.717, 1.165) is 31.6 Å². The van der Waals surface area contributed by atoms with Crippen molar-refractivity contribution in [3.63, 3.8) is 0 Å². The summed E-state index contributed by atoms with van der Waals surface area (Å²) < 4.78 is 5.61. The number of rotatable bonds is 3. The monoisotopic (exact) mass is 385 g/mol. The Morgan fingerprint density at radius 2 is 2.10 bits per heavy atom. The van der Waals surface area contributed by atoms with E-state index in [2.05, 4.69) is 39.6 Å². The highest BCUT2D eigenvalue weighted by molar-refractivity contribution is 14.1. The summed E-state index contributed by atoms with van der Waals surface area (Å²) in [7, 11) is 0. The lowest BCUT2D eigenvalue weighted by Crippen LogP contribution is -2.46. The van der Waals surface area contributed by atoms with Crippen molar-refractivity contribution in [2.24, 2.45) is 5.92 Å². The molecule has 20 heavy (non-hydrogen) atoms. The van der Waals surface area contributed by atoms with Gasteiger partial charge in [0.2, 0.25) is 0 Å². The number of hydrogen-bond acceptors (Lipinski definition) is 3. The Balaban J connectivity index is 1.96. The molecule has 3 nitrogen and oxygen atoms in total. The molecule has 0 amide bonds. The maximum Gasteiger partial charge on any atom is 0.322 e. The average Bonchev–Trinajstić information content (AvgIpc) is 2.99. The Morgan fingerprint density at radius 1 is 1.40 bits per heavy atom. The Kier molecular flexibility index (Phi) is 3.57. The van der Waals surface area contributed by atoms with Crippen LogP contribution in [-0.2, 0) is 15.1 Å². The minimum Gasteiger partial charge on any atom is -0.451 e. The molecule has 2 saturated heterocycles. The standard InChI is InChI=1S/C16H20INO2/c1-15(2,17)14(19)20-16(12-6-4-3-5-7-12)11-18-9-8-13(16)10-18/h3-7,13H,8-11H2,1-2H3. The molecule has 0 aromatic heterocycles. The van der Waals surface area contributed by atoms with Gasteiger partial charge in [-0.1, -0.05) is 52.9 Å². The van der Waals surface area contributed by atoms with Gasteiger partial charge in [-0.2, -0.15) is 0 Å². The van der Waals surface area contributed by atoms with E-state index in [9.17, 15) is 4.79 Å². The van der Waals surface area contributed by atoms with Gasteiger partial charge in [-0.25, -0.2) is 0 Å². The topological polar surface area (TPSA) is 29.5 Å². The summed E-state index contributed by atoms with van der Waals surface area (Å²) in [5, 5.41) is 0. The third-order valence-electron chi connectivity index (χ3n) is 4.41. The van der Waals surface area contributed by atoms with E-state index in [1.54, 1.807) is 0 Å². The highest BCUT2D eigenvalue weighted by Crippen LogP contribution is 2.47. The summed E-state index contributed by atoms with van der Waals surface area (Å²) in [6.07, 6.45) is 1.11. The number of alkyl halides is 1. The molecule has 0 aliphatic carbocycles. The number of carbonyl (C=O) groups excluding carboxylic acids is 1. The third-order valence-corrected chi connectivity index (χ3v) is 4.85. The van der Waals surface area contributed by atoms with Gasteiger partial charge in [-0.15, -0.1) is 0 Å².